The molecule has 0 heterocycles. The molecule has 0 spiro atoms. The quantitative estimate of drug-likeness (QED) is 0.520. The summed E-state index contributed by atoms with van der Waals surface area (Å²) in [6, 6.07) is 7.45. The molecule has 0 fully saturated rings. The van der Waals surface area contributed by atoms with Crippen LogP contribution in [0.15, 0.2) is 30.3 Å². The molecule has 0 amide bonds. The molecule has 0 saturated heterocycles. The van der Waals surface area contributed by atoms with Crippen LogP contribution in [0, 0.1) is 0 Å². The second-order valence-electron chi connectivity index (χ2n) is 5.73. The molecule has 0 aliphatic carbocycles. The van der Waals surface area contributed by atoms with Gasteiger partial charge in [0.1, 0.15) is 34.7 Å². The Morgan fingerprint density at radius 2 is 1.85 bits per heavy atom. The van der Waals surface area contributed by atoms with Crippen LogP contribution in [0.4, 0.5) is 0 Å². The van der Waals surface area contributed by atoms with E-state index in [0.29, 0.717) is 23.5 Å². The summed E-state index contributed by atoms with van der Waals surface area (Å²) in [5.74, 6) is -0.379. The Labute approximate surface area is 162 Å². The van der Waals surface area contributed by atoms with Gasteiger partial charge >= 0.3 is 5.97 Å². The molecule has 2 aromatic carbocycles. The van der Waals surface area contributed by atoms with Crippen molar-refractivity contribution in [2.75, 3.05) is 21.0 Å². The van der Waals surface area contributed by atoms with Crippen LogP contribution in [-0.4, -0.2) is 43.3 Å². The Balaban J connectivity index is 2.17. The first-order chi connectivity index (χ1) is 12.9. The highest BCUT2D eigenvalue weighted by atomic mass is 35.5. The van der Waals surface area contributed by atoms with Crippen LogP contribution in [0.25, 0.3) is 0 Å². The highest BCUT2D eigenvalue weighted by Gasteiger charge is 2.21. The maximum Gasteiger partial charge on any atom is 0.342 e. The van der Waals surface area contributed by atoms with Gasteiger partial charge in [-0.05, 0) is 25.1 Å². The first kappa shape index (κ1) is 20.7. The molecule has 146 valence electrons. The lowest BCUT2D eigenvalue weighted by Gasteiger charge is -2.18. The molecule has 0 radical (unpaired) electrons. The third kappa shape index (κ3) is 5.18. The Hall–Kier alpha value is -2.64. The van der Waals surface area contributed by atoms with Crippen LogP contribution >= 0.6 is 11.6 Å². The minimum absolute atomic E-state index is 0.0626. The maximum absolute atomic E-state index is 12.3. The van der Waals surface area contributed by atoms with E-state index in [1.165, 1.54) is 14.2 Å². The minimum Gasteiger partial charge on any atom is -0.507 e. The second kappa shape index (κ2) is 9.34. The lowest BCUT2D eigenvalue weighted by atomic mass is 10.1. The number of phenols is 2. The van der Waals surface area contributed by atoms with Crippen LogP contribution in [0.1, 0.15) is 22.8 Å². The van der Waals surface area contributed by atoms with Gasteiger partial charge in [-0.1, -0.05) is 17.7 Å². The van der Waals surface area contributed by atoms with Crippen LogP contribution < -0.4 is 9.47 Å². The number of aromatic hydroxyl groups is 2. The van der Waals surface area contributed by atoms with Crippen molar-refractivity contribution < 1.29 is 34.0 Å². The average molecular weight is 397 g/mol. The Morgan fingerprint density at radius 1 is 1.15 bits per heavy atom. The SMILES string of the molecule is COCOc1cccc(OC)c1CC(C)OC(=O)c1cc(Cl)c(O)cc1O. The fourth-order valence-corrected chi connectivity index (χ4v) is 2.65. The normalized spacial score (nSPS) is 11.7. The number of benzene rings is 2. The van der Waals surface area contributed by atoms with Crippen LogP contribution in [0.3, 0.4) is 0 Å². The number of hydrogen-bond acceptors (Lipinski definition) is 7. The molecule has 8 heteroatoms. The number of carbonyl (C=O) groups is 1. The highest BCUT2D eigenvalue weighted by Crippen LogP contribution is 2.33. The summed E-state index contributed by atoms with van der Waals surface area (Å²) in [6.07, 6.45) is -0.257. The number of methoxy groups -OCH3 is 2. The van der Waals surface area contributed by atoms with E-state index in [4.69, 9.17) is 30.5 Å². The largest absolute Gasteiger partial charge is 0.507 e. The van der Waals surface area contributed by atoms with Crippen molar-refractivity contribution in [2.24, 2.45) is 0 Å². The van der Waals surface area contributed by atoms with Crippen molar-refractivity contribution >= 4 is 17.6 Å². The molecule has 0 aliphatic heterocycles. The monoisotopic (exact) mass is 396 g/mol. The van der Waals surface area contributed by atoms with E-state index in [1.807, 2.05) is 0 Å². The molecule has 1 unspecified atom stereocenters. The van der Waals surface area contributed by atoms with Crippen LogP contribution in [0.2, 0.25) is 5.02 Å². The minimum atomic E-state index is -0.767. The van der Waals surface area contributed by atoms with E-state index >= 15 is 0 Å². The van der Waals surface area contributed by atoms with Gasteiger partial charge in [-0.3, -0.25) is 0 Å². The number of rotatable bonds is 8. The van der Waals surface area contributed by atoms with E-state index in [0.717, 1.165) is 12.1 Å². The van der Waals surface area contributed by atoms with Crippen LogP contribution in [-0.2, 0) is 15.9 Å². The van der Waals surface area contributed by atoms with Crippen molar-refractivity contribution in [3.8, 4) is 23.0 Å². The summed E-state index contributed by atoms with van der Waals surface area (Å²) in [5.41, 5.74) is 0.575. The molecular formula is C19H21ClO7. The van der Waals surface area contributed by atoms with Gasteiger partial charge in [-0.25, -0.2) is 4.79 Å². The zero-order valence-corrected chi connectivity index (χ0v) is 15.9. The molecule has 7 nitrogen and oxygen atoms in total. The summed E-state index contributed by atoms with van der Waals surface area (Å²) < 4.78 is 21.2. The number of phenolic OH excluding ortho intramolecular Hbond substituents is 2. The van der Waals surface area contributed by atoms with E-state index in [9.17, 15) is 15.0 Å². The standard InChI is InChI=1S/C19H21ClO7/c1-11(27-19(23)12-8-14(20)16(22)9-15(12)21)7-13-17(25-3)5-4-6-18(13)26-10-24-2/h4-6,8-9,11,21-22H,7,10H2,1-3H3. The molecule has 1 atom stereocenters. The molecule has 0 bridgehead atoms. The topological polar surface area (TPSA) is 94.5 Å². The van der Waals surface area contributed by atoms with Crippen molar-refractivity contribution in [1.82, 2.24) is 0 Å². The second-order valence-corrected chi connectivity index (χ2v) is 6.14. The van der Waals surface area contributed by atoms with E-state index in [2.05, 4.69) is 0 Å². The summed E-state index contributed by atoms with van der Waals surface area (Å²) in [6.45, 7) is 1.76. The number of hydrogen-bond donors (Lipinski definition) is 2. The Kier molecular flexibility index (Phi) is 7.15. The third-order valence-electron chi connectivity index (χ3n) is 3.73. The number of esters is 1. The molecule has 2 N–H and O–H groups in total. The Bertz CT molecular complexity index is 807. The number of halogens is 1. The van der Waals surface area contributed by atoms with E-state index < -0.39 is 17.8 Å². The fourth-order valence-electron chi connectivity index (χ4n) is 2.49. The van der Waals surface area contributed by atoms with Crippen molar-refractivity contribution in [3.63, 3.8) is 0 Å². The highest BCUT2D eigenvalue weighted by molar-refractivity contribution is 6.32. The van der Waals surface area contributed by atoms with Gasteiger partial charge in [0.15, 0.2) is 6.79 Å². The number of carbonyl (C=O) groups excluding carboxylic acids is 1. The first-order valence-electron chi connectivity index (χ1n) is 8.07. The maximum atomic E-state index is 12.3. The molecule has 0 aromatic heterocycles. The summed E-state index contributed by atoms with van der Waals surface area (Å²) in [4.78, 5) is 12.3. The predicted molar refractivity (Wildman–Crippen MR) is 98.9 cm³/mol. The molecule has 2 rings (SSSR count). The van der Waals surface area contributed by atoms with Gasteiger partial charge in [0.05, 0.1) is 12.1 Å². The lowest BCUT2D eigenvalue weighted by Crippen LogP contribution is -2.18. The van der Waals surface area contributed by atoms with Crippen molar-refractivity contribution in [3.05, 3.63) is 46.5 Å². The van der Waals surface area contributed by atoms with Crippen molar-refractivity contribution in [2.45, 2.75) is 19.4 Å². The van der Waals surface area contributed by atoms with Gasteiger partial charge in [0.25, 0.3) is 0 Å². The fraction of sp³-hybridized carbons (Fsp3) is 0.316. The smallest absolute Gasteiger partial charge is 0.342 e. The van der Waals surface area contributed by atoms with E-state index in [1.54, 1.807) is 25.1 Å². The van der Waals surface area contributed by atoms with Gasteiger partial charge in [-0.2, -0.15) is 0 Å². The zero-order valence-electron chi connectivity index (χ0n) is 15.2. The molecule has 0 saturated carbocycles. The van der Waals surface area contributed by atoms with Crippen LogP contribution in [0.5, 0.6) is 23.0 Å². The van der Waals surface area contributed by atoms with Crippen molar-refractivity contribution in [1.29, 1.82) is 0 Å². The number of ether oxygens (including phenoxy) is 4. The zero-order chi connectivity index (χ0) is 20.0. The predicted octanol–water partition coefficient (Wildman–Crippen LogP) is 3.53. The van der Waals surface area contributed by atoms with Gasteiger partial charge in [0.2, 0.25) is 0 Å². The molecule has 27 heavy (non-hydrogen) atoms. The summed E-state index contributed by atoms with van der Waals surface area (Å²) in [7, 11) is 3.05. The van der Waals surface area contributed by atoms with Gasteiger partial charge in [0, 0.05) is 25.2 Å². The first-order valence-corrected chi connectivity index (χ1v) is 8.45. The molecule has 0 aliphatic rings. The lowest BCUT2D eigenvalue weighted by molar-refractivity contribution is 0.0325. The molecular weight excluding hydrogens is 376 g/mol. The summed E-state index contributed by atoms with van der Waals surface area (Å²) >= 11 is 5.79. The van der Waals surface area contributed by atoms with E-state index in [-0.39, 0.29) is 23.1 Å². The van der Waals surface area contributed by atoms with Gasteiger partial charge < -0.3 is 29.2 Å². The average Bonchev–Trinajstić information content (AvgIpc) is 2.63. The molecule has 2 aromatic rings. The third-order valence-corrected chi connectivity index (χ3v) is 4.03. The summed E-state index contributed by atoms with van der Waals surface area (Å²) in [5, 5.41) is 19.2. The van der Waals surface area contributed by atoms with Gasteiger partial charge in [-0.15, -0.1) is 0 Å². The Morgan fingerprint density at radius 3 is 2.52 bits per heavy atom.